The summed E-state index contributed by atoms with van der Waals surface area (Å²) in [5, 5.41) is 20.2. The molecule has 1 aliphatic heterocycles. The summed E-state index contributed by atoms with van der Waals surface area (Å²) in [6.07, 6.45) is -6.19. The molecule has 32 heavy (non-hydrogen) atoms. The summed E-state index contributed by atoms with van der Waals surface area (Å²) in [6.45, 7) is 2.26. The summed E-state index contributed by atoms with van der Waals surface area (Å²) in [5.74, 6) is -7.63. The van der Waals surface area contributed by atoms with Crippen LogP contribution in [0.5, 0.6) is 0 Å². The average Bonchev–Trinajstić information content (AvgIpc) is 3.14. The maximum atomic E-state index is 13.7. The number of aromatic amines is 1. The molecule has 0 spiro atoms. The lowest BCUT2D eigenvalue weighted by atomic mass is 10.1. The molecule has 15 heteroatoms. The van der Waals surface area contributed by atoms with E-state index in [0.29, 0.717) is 0 Å². The van der Waals surface area contributed by atoms with Crippen LogP contribution in [0.2, 0.25) is 0 Å². The normalized spacial score (nSPS) is 18.3. The lowest BCUT2D eigenvalue weighted by Crippen LogP contribution is -2.44. The highest BCUT2D eigenvalue weighted by Crippen LogP contribution is 2.44. The number of rotatable bonds is 6. The van der Waals surface area contributed by atoms with Crippen molar-refractivity contribution in [2.75, 3.05) is 22.8 Å². The van der Waals surface area contributed by atoms with Gasteiger partial charge in [0.15, 0.2) is 27.3 Å². The predicted octanol–water partition coefficient (Wildman–Crippen LogP) is 2.06. The summed E-state index contributed by atoms with van der Waals surface area (Å²) in [6, 6.07) is 0.488. The Kier molecular flexibility index (Phi) is 6.12. The van der Waals surface area contributed by atoms with Gasteiger partial charge in [0.25, 0.3) is 0 Å². The number of aliphatic hydroxyl groups excluding tert-OH is 2. The maximum Gasteiger partial charge on any atom is 0.461 e. The number of H-pyrrole nitrogens is 1. The van der Waals surface area contributed by atoms with Gasteiger partial charge in [0.1, 0.15) is 11.0 Å². The Morgan fingerprint density at radius 1 is 1.31 bits per heavy atom. The van der Waals surface area contributed by atoms with Crippen LogP contribution in [-0.4, -0.2) is 58.2 Å². The van der Waals surface area contributed by atoms with Gasteiger partial charge in [0.05, 0.1) is 24.1 Å². The number of aromatic nitrogens is 3. The monoisotopic (exact) mass is 485 g/mol. The zero-order valence-corrected chi connectivity index (χ0v) is 17.6. The molecule has 0 aliphatic carbocycles. The summed E-state index contributed by atoms with van der Waals surface area (Å²) >= 11 is 0. The number of fused-ring (bicyclic) bond motifs is 1. The summed E-state index contributed by atoms with van der Waals surface area (Å²) in [4.78, 5) is 9.08. The van der Waals surface area contributed by atoms with Crippen LogP contribution in [0.1, 0.15) is 37.0 Å². The summed E-state index contributed by atoms with van der Waals surface area (Å²) < 4.78 is 90.8. The number of nitrogens with one attached hydrogen (secondary N) is 2. The fourth-order valence-electron chi connectivity index (χ4n) is 3.11. The minimum absolute atomic E-state index is 0.0140. The largest absolute Gasteiger partial charge is 0.461 e. The van der Waals surface area contributed by atoms with E-state index in [1.54, 1.807) is 6.92 Å². The molecule has 0 aromatic carbocycles. The number of sulfone groups is 1. The van der Waals surface area contributed by atoms with Crippen LogP contribution in [0, 0.1) is 0 Å². The molecular formula is C17H20F5N5O4S. The second kappa shape index (κ2) is 8.12. The zero-order chi connectivity index (χ0) is 24.1. The predicted molar refractivity (Wildman–Crippen MR) is 102 cm³/mol. The van der Waals surface area contributed by atoms with E-state index in [-0.39, 0.29) is 40.0 Å². The van der Waals surface area contributed by atoms with Gasteiger partial charge in [-0.1, -0.05) is 6.92 Å². The van der Waals surface area contributed by atoms with E-state index in [1.165, 1.54) is 11.9 Å². The van der Waals surface area contributed by atoms with Crippen molar-refractivity contribution in [3.05, 3.63) is 29.3 Å². The molecule has 0 radical (unpaired) electrons. The Morgan fingerprint density at radius 2 is 1.97 bits per heavy atom. The topological polar surface area (TPSA) is 131 Å². The first-order chi connectivity index (χ1) is 14.7. The Labute approximate surface area is 179 Å². The number of halogens is 5. The lowest BCUT2D eigenvalue weighted by Gasteiger charge is -2.35. The number of pyridine rings is 1. The van der Waals surface area contributed by atoms with E-state index >= 15 is 0 Å². The van der Waals surface area contributed by atoms with Crippen LogP contribution < -0.4 is 10.4 Å². The van der Waals surface area contributed by atoms with Crippen molar-refractivity contribution in [2.24, 2.45) is 0 Å². The molecule has 0 saturated heterocycles. The smallest absolute Gasteiger partial charge is 0.393 e. The van der Waals surface area contributed by atoms with Gasteiger partial charge >= 0.3 is 12.1 Å². The molecule has 1 aliphatic rings. The molecule has 3 rings (SSSR count). The Balaban J connectivity index is 2.06. The van der Waals surface area contributed by atoms with Crippen LogP contribution in [0.15, 0.2) is 17.2 Å². The van der Waals surface area contributed by atoms with Crippen molar-refractivity contribution in [3.63, 3.8) is 0 Å². The second-order valence-electron chi connectivity index (χ2n) is 7.21. The van der Waals surface area contributed by atoms with Crippen molar-refractivity contribution < 1.29 is 40.6 Å². The second-order valence-corrected chi connectivity index (χ2v) is 9.46. The first-order valence-corrected chi connectivity index (χ1v) is 11.0. The standard InChI is InChI=1S/C17H20F5N5O4S/c1-3-32(30,31)12-5-9(11(29)7-28)6-23-14(12)27-8(2)4-10-13(26-27)25-15(24-10)16(18,19)17(20,21)22/h5-6,8,11,26,28-29H,3-4,7H2,1-2H3,(H,24,25). The van der Waals surface area contributed by atoms with Crippen LogP contribution >= 0.6 is 0 Å². The van der Waals surface area contributed by atoms with Crippen LogP contribution in [0.25, 0.3) is 0 Å². The first-order valence-electron chi connectivity index (χ1n) is 9.34. The minimum Gasteiger partial charge on any atom is -0.393 e. The van der Waals surface area contributed by atoms with Crippen molar-refractivity contribution in [3.8, 4) is 0 Å². The van der Waals surface area contributed by atoms with Gasteiger partial charge in [0, 0.05) is 18.2 Å². The number of hydrogen-bond donors (Lipinski definition) is 4. The molecular weight excluding hydrogens is 465 g/mol. The summed E-state index contributed by atoms with van der Waals surface area (Å²) in [7, 11) is -3.91. The molecule has 2 atom stereocenters. The molecule has 2 aromatic rings. The third kappa shape index (κ3) is 4.11. The molecule has 178 valence electrons. The zero-order valence-electron chi connectivity index (χ0n) is 16.8. The van der Waals surface area contributed by atoms with Crippen LogP contribution in [0.3, 0.4) is 0 Å². The molecule has 4 N–H and O–H groups in total. The molecule has 0 bridgehead atoms. The maximum absolute atomic E-state index is 13.7. The van der Waals surface area contributed by atoms with Crippen molar-refractivity contribution in [2.45, 2.75) is 49.4 Å². The van der Waals surface area contributed by atoms with Crippen molar-refractivity contribution >= 4 is 21.5 Å². The number of hydrazine groups is 1. The van der Waals surface area contributed by atoms with E-state index in [4.69, 9.17) is 5.11 Å². The number of imidazole rings is 1. The van der Waals surface area contributed by atoms with E-state index in [9.17, 15) is 35.5 Å². The minimum atomic E-state index is -5.86. The molecule has 9 nitrogen and oxygen atoms in total. The average molecular weight is 485 g/mol. The van der Waals surface area contributed by atoms with Gasteiger partial charge in [0.2, 0.25) is 0 Å². The van der Waals surface area contributed by atoms with Gasteiger partial charge in [-0.2, -0.15) is 22.0 Å². The number of hydrogen-bond acceptors (Lipinski definition) is 8. The fourth-order valence-corrected chi connectivity index (χ4v) is 4.17. The van der Waals surface area contributed by atoms with E-state index in [1.807, 2.05) is 4.98 Å². The van der Waals surface area contributed by atoms with Crippen molar-refractivity contribution in [1.29, 1.82) is 0 Å². The third-order valence-electron chi connectivity index (χ3n) is 4.95. The van der Waals surface area contributed by atoms with Crippen LogP contribution in [0.4, 0.5) is 33.6 Å². The lowest BCUT2D eigenvalue weighted by molar-refractivity contribution is -0.292. The van der Waals surface area contributed by atoms with Crippen molar-refractivity contribution in [1.82, 2.24) is 15.0 Å². The highest BCUT2D eigenvalue weighted by Gasteiger charge is 2.61. The Hall–Kier alpha value is -2.52. The number of aliphatic hydroxyl groups is 2. The molecule has 0 fully saturated rings. The van der Waals surface area contributed by atoms with E-state index < -0.39 is 46.5 Å². The summed E-state index contributed by atoms with van der Waals surface area (Å²) in [5.41, 5.74) is 2.57. The number of alkyl halides is 5. The highest BCUT2D eigenvalue weighted by molar-refractivity contribution is 7.91. The van der Waals surface area contributed by atoms with Crippen LogP contribution in [-0.2, 0) is 22.2 Å². The SMILES string of the molecule is CCS(=O)(=O)c1cc(C(O)CO)cnc1N1Nc2nc(C(F)(F)C(F)(F)F)[nH]c2CC1C. The van der Waals surface area contributed by atoms with E-state index in [0.717, 1.165) is 12.3 Å². The van der Waals surface area contributed by atoms with Gasteiger partial charge in [-0.05, 0) is 13.0 Å². The van der Waals surface area contributed by atoms with Gasteiger partial charge < -0.3 is 15.2 Å². The molecule has 0 amide bonds. The molecule has 2 aromatic heterocycles. The Bertz CT molecular complexity index is 1110. The quantitative estimate of drug-likeness (QED) is 0.458. The van der Waals surface area contributed by atoms with Gasteiger partial charge in [-0.3, -0.25) is 10.4 Å². The fraction of sp³-hybridized carbons (Fsp3) is 0.529. The highest BCUT2D eigenvalue weighted by atomic mass is 32.2. The first kappa shape index (κ1) is 24.1. The molecule has 3 heterocycles. The van der Waals surface area contributed by atoms with Gasteiger partial charge in [-0.15, -0.1) is 0 Å². The molecule has 2 unspecified atom stereocenters. The third-order valence-corrected chi connectivity index (χ3v) is 6.68. The number of nitrogens with zero attached hydrogens (tertiary/aromatic N) is 3. The molecule has 0 saturated carbocycles. The van der Waals surface area contributed by atoms with E-state index in [2.05, 4.69) is 15.4 Å². The number of anilines is 2. The van der Waals surface area contributed by atoms with Gasteiger partial charge in [-0.25, -0.2) is 18.4 Å². The Morgan fingerprint density at radius 3 is 2.53 bits per heavy atom.